The van der Waals surface area contributed by atoms with Crippen LogP contribution >= 0.6 is 0 Å². The summed E-state index contributed by atoms with van der Waals surface area (Å²) in [4.78, 5) is 1.91. The molecule has 2 nitrogen and oxygen atoms in total. The molecule has 0 aliphatic heterocycles. The van der Waals surface area contributed by atoms with Gasteiger partial charge in [0.1, 0.15) is 5.82 Å². The minimum Gasteiger partial charge on any atom is -0.395 e. The predicted molar refractivity (Wildman–Crippen MR) is 57.9 cm³/mol. The Kier molecular flexibility index (Phi) is 4.82. The molecule has 0 aromatic heterocycles. The second-order valence-corrected chi connectivity index (χ2v) is 3.27. The first kappa shape index (κ1) is 11.7. The molecule has 0 aliphatic carbocycles. The average molecular weight is 207 g/mol. The predicted octanol–water partition coefficient (Wildman–Crippen LogP) is 1.10. The summed E-state index contributed by atoms with van der Waals surface area (Å²) in [6.07, 6.45) is 0. The van der Waals surface area contributed by atoms with Gasteiger partial charge in [-0.25, -0.2) is 4.39 Å². The van der Waals surface area contributed by atoms with Gasteiger partial charge in [-0.1, -0.05) is 11.8 Å². The maximum atomic E-state index is 12.6. The zero-order valence-electron chi connectivity index (χ0n) is 8.70. The number of benzene rings is 1. The van der Waals surface area contributed by atoms with Crippen LogP contribution in [0.15, 0.2) is 24.3 Å². The van der Waals surface area contributed by atoms with Gasteiger partial charge in [-0.2, -0.15) is 0 Å². The van der Waals surface area contributed by atoms with E-state index < -0.39 is 0 Å². The van der Waals surface area contributed by atoms with Gasteiger partial charge in [-0.05, 0) is 31.3 Å². The average Bonchev–Trinajstić information content (AvgIpc) is 2.21. The van der Waals surface area contributed by atoms with Crippen molar-refractivity contribution in [3.05, 3.63) is 35.6 Å². The van der Waals surface area contributed by atoms with E-state index in [9.17, 15) is 4.39 Å². The number of halogens is 1. The van der Waals surface area contributed by atoms with Crippen LogP contribution in [-0.2, 0) is 0 Å². The summed E-state index contributed by atoms with van der Waals surface area (Å²) >= 11 is 0. The maximum Gasteiger partial charge on any atom is 0.123 e. The van der Waals surface area contributed by atoms with Gasteiger partial charge in [0.15, 0.2) is 0 Å². The number of aliphatic hydroxyl groups excluding tert-OH is 1. The van der Waals surface area contributed by atoms with Crippen LogP contribution in [0, 0.1) is 17.7 Å². The summed E-state index contributed by atoms with van der Waals surface area (Å²) in [5, 5.41) is 8.65. The van der Waals surface area contributed by atoms with Crippen molar-refractivity contribution in [3.8, 4) is 11.8 Å². The van der Waals surface area contributed by atoms with Crippen molar-refractivity contribution in [2.45, 2.75) is 0 Å². The van der Waals surface area contributed by atoms with Crippen molar-refractivity contribution in [2.75, 3.05) is 26.7 Å². The molecular formula is C12H14FNO. The fourth-order valence-electron chi connectivity index (χ4n) is 1.06. The van der Waals surface area contributed by atoms with Crippen LogP contribution in [-0.4, -0.2) is 36.8 Å². The van der Waals surface area contributed by atoms with Gasteiger partial charge in [0.25, 0.3) is 0 Å². The molecule has 0 aliphatic rings. The molecule has 1 rings (SSSR count). The van der Waals surface area contributed by atoms with Crippen molar-refractivity contribution >= 4 is 0 Å². The lowest BCUT2D eigenvalue weighted by Crippen LogP contribution is -2.22. The van der Waals surface area contributed by atoms with E-state index in [1.165, 1.54) is 12.1 Å². The van der Waals surface area contributed by atoms with Crippen LogP contribution in [0.25, 0.3) is 0 Å². The highest BCUT2D eigenvalue weighted by atomic mass is 19.1. The van der Waals surface area contributed by atoms with Gasteiger partial charge >= 0.3 is 0 Å². The molecule has 15 heavy (non-hydrogen) atoms. The standard InChI is InChI=1S/C12H14FNO/c1-14(9-10-15)8-2-3-11-4-6-12(13)7-5-11/h4-7,15H,8-10H2,1H3. The van der Waals surface area contributed by atoms with Crippen molar-refractivity contribution in [1.29, 1.82) is 0 Å². The minimum atomic E-state index is -0.252. The summed E-state index contributed by atoms with van der Waals surface area (Å²) in [7, 11) is 1.88. The molecule has 0 amide bonds. The number of hydrogen-bond acceptors (Lipinski definition) is 2. The van der Waals surface area contributed by atoms with E-state index in [4.69, 9.17) is 5.11 Å². The van der Waals surface area contributed by atoms with E-state index in [1.54, 1.807) is 12.1 Å². The van der Waals surface area contributed by atoms with E-state index in [0.29, 0.717) is 13.1 Å². The highest BCUT2D eigenvalue weighted by Crippen LogP contribution is 2.00. The number of aliphatic hydroxyl groups is 1. The van der Waals surface area contributed by atoms with Gasteiger partial charge < -0.3 is 5.11 Å². The van der Waals surface area contributed by atoms with Gasteiger partial charge in [0.05, 0.1) is 13.2 Å². The summed E-state index contributed by atoms with van der Waals surface area (Å²) in [5.74, 6) is 5.62. The highest BCUT2D eigenvalue weighted by Gasteiger charge is 1.92. The lowest BCUT2D eigenvalue weighted by molar-refractivity contribution is 0.234. The molecule has 0 heterocycles. The van der Waals surface area contributed by atoms with Crippen molar-refractivity contribution < 1.29 is 9.50 Å². The fourth-order valence-corrected chi connectivity index (χ4v) is 1.06. The lowest BCUT2D eigenvalue weighted by Gasteiger charge is -2.09. The molecule has 0 fully saturated rings. The number of rotatable bonds is 3. The quantitative estimate of drug-likeness (QED) is 0.750. The largest absolute Gasteiger partial charge is 0.395 e. The molecule has 80 valence electrons. The first-order chi connectivity index (χ1) is 7.22. The Hall–Kier alpha value is -1.37. The smallest absolute Gasteiger partial charge is 0.123 e. The van der Waals surface area contributed by atoms with Crippen LogP contribution in [0.1, 0.15) is 5.56 Å². The van der Waals surface area contributed by atoms with E-state index >= 15 is 0 Å². The van der Waals surface area contributed by atoms with Crippen LogP contribution in [0.2, 0.25) is 0 Å². The van der Waals surface area contributed by atoms with E-state index in [2.05, 4.69) is 11.8 Å². The monoisotopic (exact) mass is 207 g/mol. The second-order valence-electron chi connectivity index (χ2n) is 3.27. The Morgan fingerprint density at radius 1 is 1.33 bits per heavy atom. The summed E-state index contributed by atoms with van der Waals surface area (Å²) in [6.45, 7) is 1.34. The first-order valence-corrected chi connectivity index (χ1v) is 4.76. The summed E-state index contributed by atoms with van der Waals surface area (Å²) < 4.78 is 12.6. The van der Waals surface area contributed by atoms with E-state index in [0.717, 1.165) is 5.56 Å². The molecule has 3 heteroatoms. The molecule has 0 spiro atoms. The van der Waals surface area contributed by atoms with Crippen molar-refractivity contribution in [3.63, 3.8) is 0 Å². The fraction of sp³-hybridized carbons (Fsp3) is 0.333. The topological polar surface area (TPSA) is 23.5 Å². The number of hydrogen-bond donors (Lipinski definition) is 1. The zero-order valence-corrected chi connectivity index (χ0v) is 8.70. The molecule has 1 aromatic rings. The molecule has 0 saturated heterocycles. The first-order valence-electron chi connectivity index (χ1n) is 4.76. The molecule has 0 unspecified atom stereocenters. The van der Waals surface area contributed by atoms with Crippen molar-refractivity contribution in [2.24, 2.45) is 0 Å². The molecule has 1 aromatic carbocycles. The van der Waals surface area contributed by atoms with Crippen LogP contribution < -0.4 is 0 Å². The third kappa shape index (κ3) is 4.59. The van der Waals surface area contributed by atoms with Gasteiger partial charge in [-0.3, -0.25) is 4.90 Å². The Morgan fingerprint density at radius 2 is 2.00 bits per heavy atom. The second kappa shape index (κ2) is 6.18. The number of likely N-dealkylation sites (N-methyl/N-ethyl adjacent to an activating group) is 1. The van der Waals surface area contributed by atoms with Crippen molar-refractivity contribution in [1.82, 2.24) is 4.90 Å². The molecule has 1 N–H and O–H groups in total. The number of nitrogens with zero attached hydrogens (tertiary/aromatic N) is 1. The third-order valence-electron chi connectivity index (χ3n) is 1.91. The summed E-state index contributed by atoms with van der Waals surface area (Å²) in [6, 6.07) is 6.08. The zero-order chi connectivity index (χ0) is 11.1. The molecular weight excluding hydrogens is 193 g/mol. The van der Waals surface area contributed by atoms with Crippen LogP contribution in [0.3, 0.4) is 0 Å². The van der Waals surface area contributed by atoms with Crippen LogP contribution in [0.5, 0.6) is 0 Å². The normalized spacial score (nSPS) is 9.87. The van der Waals surface area contributed by atoms with Gasteiger partial charge in [-0.15, -0.1) is 0 Å². The Labute approximate surface area is 89.3 Å². The molecule has 0 atom stereocenters. The van der Waals surface area contributed by atoms with Gasteiger partial charge in [0.2, 0.25) is 0 Å². The molecule has 0 radical (unpaired) electrons. The molecule has 0 saturated carbocycles. The van der Waals surface area contributed by atoms with E-state index in [-0.39, 0.29) is 12.4 Å². The third-order valence-corrected chi connectivity index (χ3v) is 1.91. The Balaban J connectivity index is 2.47. The van der Waals surface area contributed by atoms with Gasteiger partial charge in [0, 0.05) is 12.1 Å². The van der Waals surface area contributed by atoms with Crippen LogP contribution in [0.4, 0.5) is 4.39 Å². The molecule has 0 bridgehead atoms. The lowest BCUT2D eigenvalue weighted by atomic mass is 10.2. The van der Waals surface area contributed by atoms with E-state index in [1.807, 2.05) is 11.9 Å². The highest BCUT2D eigenvalue weighted by molar-refractivity contribution is 5.34. The SMILES string of the molecule is CN(CC#Cc1ccc(F)cc1)CCO. The Bertz CT molecular complexity index is 350. The minimum absolute atomic E-state index is 0.134. The summed E-state index contributed by atoms with van der Waals surface area (Å²) in [5.41, 5.74) is 0.800. The maximum absolute atomic E-state index is 12.6. The Morgan fingerprint density at radius 3 is 2.60 bits per heavy atom.